The molecule has 11 nitrogen and oxygen atoms in total. The molecule has 92 heavy (non-hydrogen) atoms. The van der Waals surface area contributed by atoms with Crippen molar-refractivity contribution in [3.63, 3.8) is 0 Å². The van der Waals surface area contributed by atoms with Gasteiger partial charge in [0.25, 0.3) is 0 Å². The topological polar surface area (TPSA) is 83.6 Å². The standard InChI is InChI=1S/C81H69N3O8/c1-85-65-29-9-53(10-30-65)81(54-11-31-66(86-2)32-12-54)55-13-45-73-74-46-26-63(83(58-18-37-69(89-5)38-19-58)59-20-39-70(90-6)40-21-59)51-79(74)80-52-64(84(60-22-41-71(91-7)42-23-60)61-24-43-72(92-8)44-25-61)28-48-76(80)75-47-27-62(50-78(75)77(73)49-55)82(56-14-33-67(87-3)34-15-56)57-16-35-68(88-4)36-17-57/h9-52,81H,1-8H3. The lowest BCUT2D eigenvalue weighted by Gasteiger charge is -2.31. The van der Waals surface area contributed by atoms with Crippen LogP contribution in [0.15, 0.2) is 267 Å². The van der Waals surface area contributed by atoms with E-state index in [4.69, 9.17) is 37.9 Å². The summed E-state index contributed by atoms with van der Waals surface area (Å²) >= 11 is 0. The molecule has 0 heterocycles. The summed E-state index contributed by atoms with van der Waals surface area (Å²) in [6, 6.07) is 93.7. The number of methoxy groups -OCH3 is 8. The number of hydrogen-bond acceptors (Lipinski definition) is 11. The molecule has 0 amide bonds. The summed E-state index contributed by atoms with van der Waals surface area (Å²) in [6.07, 6.45) is 0. The highest BCUT2D eigenvalue weighted by Crippen LogP contribution is 2.54. The van der Waals surface area contributed by atoms with Crippen LogP contribution in [0.4, 0.5) is 51.2 Å². The summed E-state index contributed by atoms with van der Waals surface area (Å²) in [5.74, 6) is 5.94. The van der Waals surface area contributed by atoms with Crippen molar-refractivity contribution in [2.45, 2.75) is 5.92 Å². The van der Waals surface area contributed by atoms with Crippen molar-refractivity contribution in [2.75, 3.05) is 71.6 Å². The highest BCUT2D eigenvalue weighted by atomic mass is 16.5. The minimum Gasteiger partial charge on any atom is -0.497 e. The monoisotopic (exact) mass is 1210 g/mol. The molecule has 11 heteroatoms. The third kappa shape index (κ3) is 11.7. The lowest BCUT2D eigenvalue weighted by molar-refractivity contribution is 0.414. The fourth-order valence-corrected chi connectivity index (χ4v) is 12.5. The Hall–Kier alpha value is -11.6. The zero-order valence-electron chi connectivity index (χ0n) is 52.6. The second-order valence-corrected chi connectivity index (χ2v) is 22.2. The lowest BCUT2D eigenvalue weighted by Crippen LogP contribution is -2.12. The van der Waals surface area contributed by atoms with Gasteiger partial charge in [0.05, 0.1) is 56.9 Å². The molecule has 0 bridgehead atoms. The largest absolute Gasteiger partial charge is 0.497 e. The number of hydrogen-bond donors (Lipinski definition) is 0. The lowest BCUT2D eigenvalue weighted by atomic mass is 9.77. The molecule has 0 saturated carbocycles. The van der Waals surface area contributed by atoms with E-state index in [2.05, 4.69) is 185 Å². The molecule has 0 N–H and O–H groups in total. The molecule has 12 aromatic carbocycles. The molecule has 0 saturated heterocycles. The summed E-state index contributed by atoms with van der Waals surface area (Å²) in [7, 11) is 13.6. The maximum absolute atomic E-state index is 5.73. The van der Waals surface area contributed by atoms with E-state index >= 15 is 0 Å². The van der Waals surface area contributed by atoms with Crippen molar-refractivity contribution in [1.29, 1.82) is 0 Å². The van der Waals surface area contributed by atoms with Gasteiger partial charge in [0, 0.05) is 57.1 Å². The average Bonchev–Trinajstić information content (AvgIpc) is 0.736. The van der Waals surface area contributed by atoms with Crippen molar-refractivity contribution >= 4 is 51.2 Å². The minimum absolute atomic E-state index is 0.189. The Morgan fingerprint density at radius 3 is 0.565 bits per heavy atom. The van der Waals surface area contributed by atoms with Crippen LogP contribution < -0.4 is 52.6 Å². The number of rotatable bonds is 20. The van der Waals surface area contributed by atoms with Gasteiger partial charge in [-0.3, -0.25) is 0 Å². The van der Waals surface area contributed by atoms with E-state index in [9.17, 15) is 0 Å². The van der Waals surface area contributed by atoms with Crippen LogP contribution in [0, 0.1) is 0 Å². The molecule has 0 unspecified atom stereocenters. The van der Waals surface area contributed by atoms with E-state index in [1.54, 1.807) is 56.9 Å². The van der Waals surface area contributed by atoms with Crippen LogP contribution >= 0.6 is 0 Å². The van der Waals surface area contributed by atoms with E-state index < -0.39 is 0 Å². The molecule has 1 aliphatic carbocycles. The first kappa shape index (κ1) is 59.4. The van der Waals surface area contributed by atoms with Gasteiger partial charge in [0.2, 0.25) is 0 Å². The van der Waals surface area contributed by atoms with Crippen LogP contribution in [-0.4, -0.2) is 56.9 Å². The minimum atomic E-state index is -0.189. The van der Waals surface area contributed by atoms with Crippen molar-refractivity contribution in [3.05, 3.63) is 284 Å². The highest BCUT2D eigenvalue weighted by Gasteiger charge is 2.29. The molecule has 0 radical (unpaired) electrons. The molecule has 0 spiro atoms. The Labute approximate surface area is 538 Å². The zero-order valence-corrected chi connectivity index (χ0v) is 52.6. The second-order valence-electron chi connectivity index (χ2n) is 22.2. The van der Waals surface area contributed by atoms with Crippen LogP contribution in [0.5, 0.6) is 46.0 Å². The normalized spacial score (nSPS) is 11.1. The van der Waals surface area contributed by atoms with Crippen molar-refractivity contribution in [3.8, 4) is 90.5 Å². The summed E-state index contributed by atoms with van der Waals surface area (Å²) in [4.78, 5) is 6.86. The Morgan fingerprint density at radius 1 is 0.174 bits per heavy atom. The average molecular weight is 1210 g/mol. The van der Waals surface area contributed by atoms with Gasteiger partial charge in [-0.05, 0) is 274 Å². The summed E-state index contributed by atoms with van der Waals surface area (Å²) in [5.41, 5.74) is 20.2. The third-order valence-corrected chi connectivity index (χ3v) is 17.2. The number of anilines is 9. The van der Waals surface area contributed by atoms with E-state index in [-0.39, 0.29) is 5.92 Å². The molecule has 0 atom stereocenters. The van der Waals surface area contributed by atoms with Gasteiger partial charge in [0.15, 0.2) is 0 Å². The van der Waals surface area contributed by atoms with Crippen LogP contribution in [-0.2, 0) is 0 Å². The van der Waals surface area contributed by atoms with Gasteiger partial charge in [-0.15, -0.1) is 0 Å². The molecule has 1 aliphatic rings. The summed E-state index contributed by atoms with van der Waals surface area (Å²) in [5, 5.41) is 0. The van der Waals surface area contributed by atoms with Gasteiger partial charge in [-0.25, -0.2) is 0 Å². The van der Waals surface area contributed by atoms with Crippen molar-refractivity contribution in [1.82, 2.24) is 0 Å². The Kier molecular flexibility index (Phi) is 17.0. The predicted octanol–water partition coefficient (Wildman–Crippen LogP) is 20.3. The molecule has 13 rings (SSSR count). The molecule has 0 fully saturated rings. The quantitative estimate of drug-likeness (QED) is 0.0684. The Morgan fingerprint density at radius 2 is 0.348 bits per heavy atom. The molecule has 0 aliphatic heterocycles. The first-order valence-electron chi connectivity index (χ1n) is 30.3. The third-order valence-electron chi connectivity index (χ3n) is 17.2. The molecular weight excluding hydrogens is 1140 g/mol. The van der Waals surface area contributed by atoms with Crippen molar-refractivity contribution < 1.29 is 37.9 Å². The Balaban J connectivity index is 1.12. The van der Waals surface area contributed by atoms with Crippen LogP contribution in [0.1, 0.15) is 22.6 Å². The second kappa shape index (κ2) is 26.3. The Bertz CT molecular complexity index is 3750. The summed E-state index contributed by atoms with van der Waals surface area (Å²) < 4.78 is 45.7. The molecule has 0 aromatic heterocycles. The van der Waals surface area contributed by atoms with E-state index in [1.807, 2.05) is 97.1 Å². The highest BCUT2D eigenvalue weighted by molar-refractivity contribution is 6.06. The first-order valence-corrected chi connectivity index (χ1v) is 30.3. The van der Waals surface area contributed by atoms with Gasteiger partial charge < -0.3 is 52.6 Å². The number of ether oxygens (including phenoxy) is 8. The fraction of sp³-hybridized carbons (Fsp3) is 0.111. The number of fused-ring (bicyclic) bond motifs is 8. The van der Waals surface area contributed by atoms with E-state index in [0.29, 0.717) is 0 Å². The molecule has 456 valence electrons. The molecular formula is C81H69N3O8. The van der Waals surface area contributed by atoms with Crippen LogP contribution in [0.25, 0.3) is 44.5 Å². The zero-order chi connectivity index (χ0) is 63.2. The van der Waals surface area contributed by atoms with Gasteiger partial charge in [-0.2, -0.15) is 0 Å². The maximum atomic E-state index is 5.73. The smallest absolute Gasteiger partial charge is 0.119 e. The van der Waals surface area contributed by atoms with Crippen LogP contribution in [0.3, 0.4) is 0 Å². The van der Waals surface area contributed by atoms with Crippen LogP contribution in [0.2, 0.25) is 0 Å². The van der Waals surface area contributed by atoms with Gasteiger partial charge >= 0.3 is 0 Å². The maximum Gasteiger partial charge on any atom is 0.119 e. The van der Waals surface area contributed by atoms with E-state index in [0.717, 1.165) is 158 Å². The summed E-state index contributed by atoms with van der Waals surface area (Å²) in [6.45, 7) is 0. The van der Waals surface area contributed by atoms with E-state index in [1.165, 1.54) is 0 Å². The van der Waals surface area contributed by atoms with Gasteiger partial charge in [0.1, 0.15) is 46.0 Å². The number of nitrogens with zero attached hydrogens (tertiary/aromatic N) is 3. The molecule has 12 aromatic rings. The predicted molar refractivity (Wildman–Crippen MR) is 372 cm³/mol. The fourth-order valence-electron chi connectivity index (χ4n) is 12.5. The van der Waals surface area contributed by atoms with Crippen molar-refractivity contribution in [2.24, 2.45) is 0 Å². The first-order chi connectivity index (χ1) is 45.2. The van der Waals surface area contributed by atoms with Gasteiger partial charge in [-0.1, -0.05) is 54.6 Å². The SMILES string of the molecule is COc1ccc(C(c2ccc(OC)cc2)c2ccc3c(c2)-c2cc(N(c4ccc(OC)cc4)c4ccc(OC)cc4)ccc2-c2ccc(N(c4ccc(OC)cc4)c4ccc(OC)cc4)cc2-c2cc(N(c4ccc(OC)cc4)c4ccc(OC)cc4)ccc2-3)cc1. The number of benzene rings is 12.